The van der Waals surface area contributed by atoms with Gasteiger partial charge in [0, 0.05) is 0 Å². The lowest BCUT2D eigenvalue weighted by Gasteiger charge is -2.22. The minimum atomic E-state index is -4.57. The smallest absolute Gasteiger partial charge is 0.419 e. The van der Waals surface area contributed by atoms with Crippen LogP contribution in [0.2, 0.25) is 0 Å². The maximum atomic E-state index is 13.4. The Morgan fingerprint density at radius 2 is 1.93 bits per heavy atom. The molecule has 8 heteroatoms. The number of hydrogen-bond donors (Lipinski definition) is 1. The molecule has 0 unspecified atom stereocenters. The highest BCUT2D eigenvalue weighted by atomic mass is 32.2. The fourth-order valence-electron chi connectivity index (χ4n) is 3.37. The van der Waals surface area contributed by atoms with Gasteiger partial charge in [-0.2, -0.15) is 13.2 Å². The molecule has 0 radical (unpaired) electrons. The van der Waals surface area contributed by atoms with Gasteiger partial charge in [-0.05, 0) is 47.9 Å². The van der Waals surface area contributed by atoms with E-state index in [1.807, 2.05) is 0 Å². The number of hydrogen-bond acceptors (Lipinski definition) is 4. The first-order chi connectivity index (χ1) is 12.8. The second kappa shape index (κ2) is 8.37. The summed E-state index contributed by atoms with van der Waals surface area (Å²) in [7, 11) is 0. The number of imide groups is 1. The van der Waals surface area contributed by atoms with Gasteiger partial charge in [0.05, 0.1) is 17.1 Å². The molecule has 1 aromatic carbocycles. The summed E-state index contributed by atoms with van der Waals surface area (Å²) in [6, 6.07) is 3.67. The van der Waals surface area contributed by atoms with E-state index in [0.29, 0.717) is 17.7 Å². The van der Waals surface area contributed by atoms with Crippen molar-refractivity contribution < 1.29 is 27.5 Å². The van der Waals surface area contributed by atoms with E-state index in [4.69, 9.17) is 4.74 Å². The molecule has 1 heterocycles. The van der Waals surface area contributed by atoms with Crippen LogP contribution in [-0.2, 0) is 11.0 Å². The SMILES string of the molecule is O=C1NC(=O)/C(=C/c2ccc(OCCC3CCCCC3)c(C(F)(F)F)c2)S1. The Morgan fingerprint density at radius 1 is 1.19 bits per heavy atom. The Kier molecular flexibility index (Phi) is 6.14. The Bertz CT molecular complexity index is 755. The van der Waals surface area contributed by atoms with Crippen molar-refractivity contribution in [1.82, 2.24) is 5.32 Å². The molecule has 4 nitrogen and oxygen atoms in total. The van der Waals surface area contributed by atoms with Gasteiger partial charge in [0.1, 0.15) is 5.75 Å². The van der Waals surface area contributed by atoms with Crippen molar-refractivity contribution in [2.24, 2.45) is 5.92 Å². The number of amides is 2. The number of nitrogens with one attached hydrogen (secondary N) is 1. The Balaban J connectivity index is 1.73. The van der Waals surface area contributed by atoms with E-state index in [1.54, 1.807) is 0 Å². The number of rotatable bonds is 5. The molecule has 1 N–H and O–H groups in total. The van der Waals surface area contributed by atoms with E-state index in [9.17, 15) is 22.8 Å². The fourth-order valence-corrected chi connectivity index (χ4v) is 4.05. The van der Waals surface area contributed by atoms with Gasteiger partial charge in [-0.15, -0.1) is 0 Å². The van der Waals surface area contributed by atoms with Crippen LogP contribution in [0.25, 0.3) is 6.08 Å². The summed E-state index contributed by atoms with van der Waals surface area (Å²) in [5.74, 6) is -0.293. The zero-order chi connectivity index (χ0) is 19.4. The van der Waals surface area contributed by atoms with Crippen molar-refractivity contribution in [1.29, 1.82) is 0 Å². The summed E-state index contributed by atoms with van der Waals surface area (Å²) in [6.07, 6.45) is 3.25. The highest BCUT2D eigenvalue weighted by Gasteiger charge is 2.35. The lowest BCUT2D eigenvalue weighted by atomic mass is 9.87. The number of ether oxygens (including phenoxy) is 1. The molecule has 1 saturated heterocycles. The average Bonchev–Trinajstić information content (AvgIpc) is 2.93. The first-order valence-electron chi connectivity index (χ1n) is 8.92. The zero-order valence-corrected chi connectivity index (χ0v) is 15.4. The van der Waals surface area contributed by atoms with Crippen molar-refractivity contribution in [2.75, 3.05) is 6.61 Å². The maximum Gasteiger partial charge on any atom is 0.419 e. The standard InChI is InChI=1S/C19H20F3NO3S/c20-19(21,22)14-10-13(11-16-17(24)23-18(25)27-16)6-7-15(14)26-9-8-12-4-2-1-3-5-12/h6-7,10-12H,1-5,8-9H2,(H,23,24,25)/b16-11-. The number of carbonyl (C=O) groups excluding carboxylic acids is 2. The summed E-state index contributed by atoms with van der Waals surface area (Å²) in [5, 5.41) is 1.54. The summed E-state index contributed by atoms with van der Waals surface area (Å²) in [6.45, 7) is 0.251. The predicted octanol–water partition coefficient (Wildman–Crippen LogP) is 5.38. The molecule has 2 fully saturated rings. The third-order valence-corrected chi connectivity index (χ3v) is 5.57. The number of carbonyl (C=O) groups is 2. The highest BCUT2D eigenvalue weighted by Crippen LogP contribution is 2.38. The largest absolute Gasteiger partial charge is 0.493 e. The third-order valence-electron chi connectivity index (χ3n) is 4.76. The fraction of sp³-hybridized carbons (Fsp3) is 0.474. The molecule has 3 rings (SSSR count). The van der Waals surface area contributed by atoms with Crippen LogP contribution >= 0.6 is 11.8 Å². The number of thioether (sulfide) groups is 1. The Morgan fingerprint density at radius 3 is 2.56 bits per heavy atom. The van der Waals surface area contributed by atoms with Gasteiger partial charge in [0.15, 0.2) is 0 Å². The second-order valence-corrected chi connectivity index (χ2v) is 7.76. The first kappa shape index (κ1) is 19.8. The molecule has 0 atom stereocenters. The van der Waals surface area contributed by atoms with Crippen molar-refractivity contribution in [3.05, 3.63) is 34.2 Å². The molecule has 0 aromatic heterocycles. The summed E-state index contributed by atoms with van der Waals surface area (Å²) in [4.78, 5) is 22.8. The first-order valence-corrected chi connectivity index (χ1v) is 9.73. The van der Waals surface area contributed by atoms with Gasteiger partial charge in [-0.25, -0.2) is 0 Å². The van der Waals surface area contributed by atoms with Gasteiger partial charge in [0.25, 0.3) is 11.1 Å². The molecule has 27 heavy (non-hydrogen) atoms. The molecule has 146 valence electrons. The maximum absolute atomic E-state index is 13.4. The minimum absolute atomic E-state index is 0.0686. The number of halogens is 3. The summed E-state index contributed by atoms with van der Waals surface area (Å²) >= 11 is 0.665. The third kappa shape index (κ3) is 5.28. The summed E-state index contributed by atoms with van der Waals surface area (Å²) < 4.78 is 45.7. The van der Waals surface area contributed by atoms with E-state index in [0.717, 1.165) is 25.3 Å². The quantitative estimate of drug-likeness (QED) is 0.676. The van der Waals surface area contributed by atoms with Gasteiger partial charge in [-0.3, -0.25) is 14.9 Å². The van der Waals surface area contributed by atoms with Gasteiger partial charge in [0.2, 0.25) is 0 Å². The highest BCUT2D eigenvalue weighted by molar-refractivity contribution is 8.18. The lowest BCUT2D eigenvalue weighted by Crippen LogP contribution is -2.17. The molecule has 1 aliphatic carbocycles. The molecule has 1 aliphatic heterocycles. The van der Waals surface area contributed by atoms with Crippen molar-refractivity contribution in [3.8, 4) is 5.75 Å². The van der Waals surface area contributed by atoms with Crippen LogP contribution in [0.4, 0.5) is 18.0 Å². The predicted molar refractivity (Wildman–Crippen MR) is 97.2 cm³/mol. The van der Waals surface area contributed by atoms with Crippen molar-refractivity contribution >= 4 is 29.0 Å². The monoisotopic (exact) mass is 399 g/mol. The van der Waals surface area contributed by atoms with Gasteiger partial charge < -0.3 is 4.74 Å². The van der Waals surface area contributed by atoms with E-state index in [-0.39, 0.29) is 22.8 Å². The van der Waals surface area contributed by atoms with E-state index >= 15 is 0 Å². The molecule has 2 aliphatic rings. The molecule has 0 bridgehead atoms. The summed E-state index contributed by atoms with van der Waals surface area (Å²) in [5.41, 5.74) is -0.690. The van der Waals surface area contributed by atoms with Crippen LogP contribution in [-0.4, -0.2) is 17.8 Å². The molecule has 1 saturated carbocycles. The minimum Gasteiger partial charge on any atom is -0.493 e. The molecule has 1 aromatic rings. The molecular weight excluding hydrogens is 379 g/mol. The van der Waals surface area contributed by atoms with Crippen LogP contribution in [0.1, 0.15) is 49.7 Å². The van der Waals surface area contributed by atoms with Crippen LogP contribution in [0.15, 0.2) is 23.1 Å². The van der Waals surface area contributed by atoms with Gasteiger partial charge >= 0.3 is 6.18 Å². The Labute approximate surface area is 159 Å². The van der Waals surface area contributed by atoms with Gasteiger partial charge in [-0.1, -0.05) is 38.2 Å². The second-order valence-electron chi connectivity index (χ2n) is 6.75. The van der Waals surface area contributed by atoms with Crippen molar-refractivity contribution in [2.45, 2.75) is 44.7 Å². The van der Waals surface area contributed by atoms with E-state index in [1.165, 1.54) is 37.5 Å². The van der Waals surface area contributed by atoms with E-state index < -0.39 is 22.9 Å². The van der Waals surface area contributed by atoms with Crippen LogP contribution < -0.4 is 10.1 Å². The van der Waals surface area contributed by atoms with E-state index in [2.05, 4.69) is 5.32 Å². The molecular formula is C19H20F3NO3S. The van der Waals surface area contributed by atoms with Crippen LogP contribution in [0, 0.1) is 5.92 Å². The number of benzene rings is 1. The Hall–Kier alpha value is -1.96. The van der Waals surface area contributed by atoms with Crippen molar-refractivity contribution in [3.63, 3.8) is 0 Å². The number of alkyl halides is 3. The topological polar surface area (TPSA) is 55.4 Å². The van der Waals surface area contributed by atoms with Crippen LogP contribution in [0.3, 0.4) is 0 Å². The average molecular weight is 399 g/mol. The normalized spacial score (nSPS) is 20.2. The lowest BCUT2D eigenvalue weighted by molar-refractivity contribution is -0.139. The zero-order valence-electron chi connectivity index (χ0n) is 14.6. The molecule has 2 amide bonds. The van der Waals surface area contributed by atoms with Crippen LogP contribution in [0.5, 0.6) is 5.75 Å². The molecule has 0 spiro atoms.